The van der Waals surface area contributed by atoms with E-state index in [0.717, 1.165) is 16.6 Å². The molecular weight excluding hydrogens is 354 g/mol. The normalized spacial score (nSPS) is 11.2. The van der Waals surface area contributed by atoms with Gasteiger partial charge in [0.15, 0.2) is 0 Å². The third kappa shape index (κ3) is 7.00. The second kappa shape index (κ2) is 8.44. The Morgan fingerprint density at radius 3 is 2.48 bits per heavy atom. The van der Waals surface area contributed by atoms with E-state index in [4.69, 9.17) is 5.11 Å². The average molecular weight is 374 g/mol. The summed E-state index contributed by atoms with van der Waals surface area (Å²) in [4.78, 5) is 23.7. The zero-order valence-corrected chi connectivity index (χ0v) is 14.6. The highest BCUT2D eigenvalue weighted by Crippen LogP contribution is 2.21. The lowest BCUT2D eigenvalue weighted by Crippen LogP contribution is -2.38. The molecule has 2 N–H and O–H groups in total. The van der Waals surface area contributed by atoms with Gasteiger partial charge in [0.25, 0.3) is 0 Å². The first-order valence-electron chi connectivity index (χ1n) is 6.70. The molecule has 0 unspecified atom stereocenters. The van der Waals surface area contributed by atoms with Crippen molar-refractivity contribution in [2.24, 2.45) is 5.41 Å². The van der Waals surface area contributed by atoms with Gasteiger partial charge in [-0.25, -0.2) is 0 Å². The van der Waals surface area contributed by atoms with Crippen LogP contribution in [-0.2, 0) is 9.59 Å². The van der Waals surface area contributed by atoms with Crippen LogP contribution in [0.25, 0.3) is 0 Å². The second-order valence-electron chi connectivity index (χ2n) is 5.37. The third-order valence-electron chi connectivity index (χ3n) is 2.94. The van der Waals surface area contributed by atoms with Gasteiger partial charge in [-0.15, -0.1) is 11.8 Å². The molecular formula is C15H20BrNO3S. The SMILES string of the molecule is CC(C)(CNC(=O)CCCSc1ccc(Br)cc1)C(=O)O. The molecule has 0 heterocycles. The van der Waals surface area contributed by atoms with E-state index < -0.39 is 11.4 Å². The van der Waals surface area contributed by atoms with Gasteiger partial charge in [-0.05, 0) is 50.3 Å². The second-order valence-corrected chi connectivity index (χ2v) is 7.46. The predicted molar refractivity (Wildman–Crippen MR) is 88.5 cm³/mol. The largest absolute Gasteiger partial charge is 0.481 e. The van der Waals surface area contributed by atoms with E-state index in [-0.39, 0.29) is 12.5 Å². The minimum Gasteiger partial charge on any atom is -0.481 e. The monoisotopic (exact) mass is 373 g/mol. The molecule has 4 nitrogen and oxygen atoms in total. The van der Waals surface area contributed by atoms with E-state index in [1.807, 2.05) is 24.3 Å². The Hall–Kier alpha value is -1.01. The molecule has 0 aliphatic rings. The van der Waals surface area contributed by atoms with E-state index in [2.05, 4.69) is 21.2 Å². The molecule has 0 fully saturated rings. The fraction of sp³-hybridized carbons (Fsp3) is 0.467. The molecule has 0 radical (unpaired) electrons. The Labute approximate surface area is 137 Å². The van der Waals surface area contributed by atoms with E-state index in [1.54, 1.807) is 25.6 Å². The Bertz CT molecular complexity index is 488. The number of hydrogen-bond donors (Lipinski definition) is 2. The lowest BCUT2D eigenvalue weighted by Gasteiger charge is -2.19. The molecule has 0 saturated heterocycles. The Kier molecular flexibility index (Phi) is 7.25. The summed E-state index contributed by atoms with van der Waals surface area (Å²) in [6.45, 7) is 3.35. The Morgan fingerprint density at radius 1 is 1.29 bits per heavy atom. The molecule has 1 aromatic rings. The van der Waals surface area contributed by atoms with Gasteiger partial charge in [0.05, 0.1) is 5.41 Å². The number of rotatable bonds is 8. The van der Waals surface area contributed by atoms with Crippen LogP contribution in [0.1, 0.15) is 26.7 Å². The maximum Gasteiger partial charge on any atom is 0.310 e. The number of benzene rings is 1. The minimum atomic E-state index is -0.929. The van der Waals surface area contributed by atoms with Crippen molar-refractivity contribution in [2.45, 2.75) is 31.6 Å². The van der Waals surface area contributed by atoms with E-state index >= 15 is 0 Å². The Balaban J connectivity index is 2.19. The van der Waals surface area contributed by atoms with Gasteiger partial charge in [0.2, 0.25) is 5.91 Å². The molecule has 1 rings (SSSR count). The van der Waals surface area contributed by atoms with Crippen molar-refractivity contribution in [1.82, 2.24) is 5.32 Å². The van der Waals surface area contributed by atoms with Gasteiger partial charge in [-0.2, -0.15) is 0 Å². The highest BCUT2D eigenvalue weighted by molar-refractivity contribution is 9.10. The number of aliphatic carboxylic acids is 1. The van der Waals surface area contributed by atoms with Crippen LogP contribution in [0.2, 0.25) is 0 Å². The summed E-state index contributed by atoms with van der Waals surface area (Å²) in [5.41, 5.74) is -0.929. The highest BCUT2D eigenvalue weighted by atomic mass is 79.9. The summed E-state index contributed by atoms with van der Waals surface area (Å²) in [6.07, 6.45) is 1.18. The molecule has 0 spiro atoms. The van der Waals surface area contributed by atoms with Gasteiger partial charge in [-0.3, -0.25) is 9.59 Å². The summed E-state index contributed by atoms with van der Waals surface area (Å²) < 4.78 is 1.05. The van der Waals surface area contributed by atoms with Gasteiger partial charge in [0, 0.05) is 22.3 Å². The van der Waals surface area contributed by atoms with Crippen LogP contribution in [0, 0.1) is 5.41 Å². The summed E-state index contributed by atoms with van der Waals surface area (Å²) in [5.74, 6) is -0.147. The first-order valence-corrected chi connectivity index (χ1v) is 8.47. The van der Waals surface area contributed by atoms with Gasteiger partial charge in [0.1, 0.15) is 0 Å². The van der Waals surface area contributed by atoms with E-state index in [9.17, 15) is 9.59 Å². The van der Waals surface area contributed by atoms with Crippen molar-refractivity contribution in [1.29, 1.82) is 0 Å². The molecule has 21 heavy (non-hydrogen) atoms. The number of carboxylic acid groups (broad SMARTS) is 1. The number of nitrogens with one attached hydrogen (secondary N) is 1. The van der Waals surface area contributed by atoms with Crippen LogP contribution in [0.15, 0.2) is 33.6 Å². The molecule has 1 aromatic carbocycles. The lowest BCUT2D eigenvalue weighted by atomic mass is 9.94. The van der Waals surface area contributed by atoms with Crippen LogP contribution >= 0.6 is 27.7 Å². The van der Waals surface area contributed by atoms with Crippen molar-refractivity contribution in [2.75, 3.05) is 12.3 Å². The fourth-order valence-corrected chi connectivity index (χ4v) is 2.55. The van der Waals surface area contributed by atoms with Gasteiger partial charge in [-0.1, -0.05) is 15.9 Å². The fourth-order valence-electron chi connectivity index (χ4n) is 1.44. The molecule has 6 heteroatoms. The zero-order valence-electron chi connectivity index (χ0n) is 12.2. The smallest absolute Gasteiger partial charge is 0.310 e. The number of carboxylic acids is 1. The van der Waals surface area contributed by atoms with Crippen molar-refractivity contribution >= 4 is 39.6 Å². The van der Waals surface area contributed by atoms with Crippen molar-refractivity contribution in [3.8, 4) is 0 Å². The van der Waals surface area contributed by atoms with Crippen LogP contribution in [0.5, 0.6) is 0 Å². The minimum absolute atomic E-state index is 0.0965. The molecule has 0 saturated carbocycles. The van der Waals surface area contributed by atoms with Crippen molar-refractivity contribution in [3.05, 3.63) is 28.7 Å². The zero-order chi connectivity index (χ0) is 15.9. The average Bonchev–Trinajstić information content (AvgIpc) is 2.43. The number of halogens is 1. The van der Waals surface area contributed by atoms with Crippen LogP contribution in [0.4, 0.5) is 0 Å². The third-order valence-corrected chi connectivity index (χ3v) is 4.56. The summed E-state index contributed by atoms with van der Waals surface area (Å²) >= 11 is 5.09. The molecule has 0 aromatic heterocycles. The van der Waals surface area contributed by atoms with E-state index in [0.29, 0.717) is 6.42 Å². The number of hydrogen-bond acceptors (Lipinski definition) is 3. The quantitative estimate of drug-likeness (QED) is 0.540. The summed E-state index contributed by atoms with van der Waals surface area (Å²) in [5, 5.41) is 11.6. The Morgan fingerprint density at radius 2 is 1.90 bits per heavy atom. The number of carbonyl (C=O) groups excluding carboxylic acids is 1. The molecule has 0 aliphatic heterocycles. The number of thioether (sulfide) groups is 1. The highest BCUT2D eigenvalue weighted by Gasteiger charge is 2.27. The van der Waals surface area contributed by atoms with Crippen molar-refractivity contribution < 1.29 is 14.7 Å². The first kappa shape index (κ1) is 18.0. The van der Waals surface area contributed by atoms with Crippen LogP contribution in [-0.4, -0.2) is 29.3 Å². The molecule has 1 amide bonds. The predicted octanol–water partition coefficient (Wildman–Crippen LogP) is 3.55. The van der Waals surface area contributed by atoms with Crippen LogP contribution < -0.4 is 5.32 Å². The topological polar surface area (TPSA) is 66.4 Å². The summed E-state index contributed by atoms with van der Waals surface area (Å²) in [6, 6.07) is 8.04. The van der Waals surface area contributed by atoms with Gasteiger partial charge < -0.3 is 10.4 Å². The molecule has 0 aliphatic carbocycles. The standard InChI is InChI=1S/C15H20BrNO3S/c1-15(2,14(19)20)10-17-13(18)4-3-9-21-12-7-5-11(16)6-8-12/h5-8H,3-4,9-10H2,1-2H3,(H,17,18)(H,19,20). The van der Waals surface area contributed by atoms with Gasteiger partial charge >= 0.3 is 5.97 Å². The maximum absolute atomic E-state index is 11.6. The van der Waals surface area contributed by atoms with Crippen LogP contribution in [0.3, 0.4) is 0 Å². The lowest BCUT2D eigenvalue weighted by molar-refractivity contribution is -0.146. The summed E-state index contributed by atoms with van der Waals surface area (Å²) in [7, 11) is 0. The first-order chi connectivity index (χ1) is 9.81. The maximum atomic E-state index is 11.6. The number of carbonyl (C=O) groups is 2. The van der Waals surface area contributed by atoms with E-state index in [1.165, 1.54) is 4.90 Å². The van der Waals surface area contributed by atoms with Crippen molar-refractivity contribution in [3.63, 3.8) is 0 Å². The molecule has 0 bridgehead atoms. The number of amides is 1. The molecule has 116 valence electrons. The molecule has 0 atom stereocenters.